The van der Waals surface area contributed by atoms with E-state index in [2.05, 4.69) is 4.90 Å². The lowest BCUT2D eigenvalue weighted by Gasteiger charge is -2.35. The summed E-state index contributed by atoms with van der Waals surface area (Å²) in [4.78, 5) is 17.2. The van der Waals surface area contributed by atoms with Gasteiger partial charge in [0.05, 0.1) is 14.2 Å². The van der Waals surface area contributed by atoms with Gasteiger partial charge in [0.25, 0.3) is 5.91 Å². The van der Waals surface area contributed by atoms with Crippen molar-refractivity contribution in [3.05, 3.63) is 53.8 Å². The van der Waals surface area contributed by atoms with Gasteiger partial charge in [-0.15, -0.1) is 0 Å². The van der Waals surface area contributed by atoms with Crippen molar-refractivity contribution in [1.29, 1.82) is 0 Å². The highest BCUT2D eigenvalue weighted by molar-refractivity contribution is 5.99. The molecule has 2 heterocycles. The minimum atomic E-state index is -0.0537. The van der Waals surface area contributed by atoms with Crippen molar-refractivity contribution in [2.24, 2.45) is 0 Å². The molecule has 6 heteroatoms. The number of hydrogen-bond acceptors (Lipinski definition) is 5. The maximum Gasteiger partial charge on any atom is 0.290 e. The normalized spacial score (nSPS) is 14.4. The van der Waals surface area contributed by atoms with Crippen molar-refractivity contribution in [2.75, 3.05) is 45.3 Å². The predicted octanol–water partition coefficient (Wildman–Crippen LogP) is 3.72. The van der Waals surface area contributed by atoms with Crippen LogP contribution in [0.25, 0.3) is 11.0 Å². The number of anilines is 1. The average Bonchev–Trinajstić information content (AvgIpc) is 3.09. The van der Waals surface area contributed by atoms with E-state index in [0.29, 0.717) is 24.4 Å². The predicted molar refractivity (Wildman–Crippen MR) is 109 cm³/mol. The Labute approximate surface area is 164 Å². The molecule has 0 spiro atoms. The lowest BCUT2D eigenvalue weighted by Crippen LogP contribution is -2.48. The number of amides is 1. The smallest absolute Gasteiger partial charge is 0.290 e. The average molecular weight is 380 g/mol. The Morgan fingerprint density at radius 2 is 1.57 bits per heavy atom. The molecule has 0 N–H and O–H groups in total. The van der Waals surface area contributed by atoms with Crippen LogP contribution in [0, 0.1) is 6.92 Å². The van der Waals surface area contributed by atoms with Gasteiger partial charge in [-0.25, -0.2) is 0 Å². The first-order valence-electron chi connectivity index (χ1n) is 9.36. The standard InChI is InChI=1S/C22H24N2O4/c1-15-19-14-18(27-3)8-9-20(19)28-21(15)22(25)24-12-10-23(11-13-24)16-4-6-17(26-2)7-5-16/h4-9,14H,10-13H2,1-3H3. The molecule has 0 saturated carbocycles. The Balaban J connectivity index is 1.48. The van der Waals surface area contributed by atoms with Gasteiger partial charge >= 0.3 is 0 Å². The van der Waals surface area contributed by atoms with Crippen LogP contribution in [-0.4, -0.2) is 51.2 Å². The third-order valence-electron chi connectivity index (χ3n) is 5.34. The largest absolute Gasteiger partial charge is 0.497 e. The molecule has 0 atom stereocenters. The number of nitrogens with zero attached hydrogens (tertiary/aromatic N) is 2. The molecule has 0 unspecified atom stereocenters. The number of ether oxygens (including phenoxy) is 2. The zero-order valence-corrected chi connectivity index (χ0v) is 16.4. The van der Waals surface area contributed by atoms with Crippen LogP contribution in [0.15, 0.2) is 46.9 Å². The van der Waals surface area contributed by atoms with Crippen LogP contribution in [0.2, 0.25) is 0 Å². The van der Waals surface area contributed by atoms with Gasteiger partial charge in [-0.3, -0.25) is 4.79 Å². The first-order valence-corrected chi connectivity index (χ1v) is 9.36. The summed E-state index contributed by atoms with van der Waals surface area (Å²) < 4.78 is 16.4. The molecule has 3 aromatic rings. The number of aryl methyl sites for hydroxylation is 1. The van der Waals surface area contributed by atoms with Crippen LogP contribution < -0.4 is 14.4 Å². The fraction of sp³-hybridized carbons (Fsp3) is 0.318. The molecule has 146 valence electrons. The highest BCUT2D eigenvalue weighted by Gasteiger charge is 2.27. The molecule has 1 amide bonds. The Bertz CT molecular complexity index is 986. The van der Waals surface area contributed by atoms with Crippen LogP contribution in [0.3, 0.4) is 0 Å². The molecular formula is C22H24N2O4. The van der Waals surface area contributed by atoms with E-state index in [-0.39, 0.29) is 5.91 Å². The van der Waals surface area contributed by atoms with E-state index in [1.54, 1.807) is 14.2 Å². The number of methoxy groups -OCH3 is 2. The number of rotatable bonds is 4. The van der Waals surface area contributed by atoms with Gasteiger partial charge in [0.1, 0.15) is 17.1 Å². The second kappa shape index (κ2) is 7.46. The number of piperazine rings is 1. The van der Waals surface area contributed by atoms with Crippen molar-refractivity contribution < 1.29 is 18.7 Å². The van der Waals surface area contributed by atoms with Gasteiger partial charge in [0, 0.05) is 42.8 Å². The summed E-state index contributed by atoms with van der Waals surface area (Å²) in [5, 5.41) is 0.916. The fourth-order valence-corrected chi connectivity index (χ4v) is 3.64. The minimum Gasteiger partial charge on any atom is -0.497 e. The number of benzene rings is 2. The lowest BCUT2D eigenvalue weighted by molar-refractivity contribution is 0.0716. The van der Waals surface area contributed by atoms with Crippen molar-refractivity contribution >= 4 is 22.6 Å². The van der Waals surface area contributed by atoms with E-state index in [4.69, 9.17) is 13.9 Å². The highest BCUT2D eigenvalue weighted by Crippen LogP contribution is 2.30. The molecule has 1 aliphatic rings. The zero-order valence-electron chi connectivity index (χ0n) is 16.4. The van der Waals surface area contributed by atoms with Gasteiger partial charge in [0.2, 0.25) is 0 Å². The van der Waals surface area contributed by atoms with E-state index < -0.39 is 0 Å². The van der Waals surface area contributed by atoms with Crippen molar-refractivity contribution in [1.82, 2.24) is 4.90 Å². The van der Waals surface area contributed by atoms with Crippen molar-refractivity contribution in [3.63, 3.8) is 0 Å². The van der Waals surface area contributed by atoms with Crippen LogP contribution in [0.5, 0.6) is 11.5 Å². The maximum atomic E-state index is 13.0. The molecule has 2 aromatic carbocycles. The maximum absolute atomic E-state index is 13.0. The van der Waals surface area contributed by atoms with Gasteiger partial charge in [-0.05, 0) is 49.4 Å². The summed E-state index contributed by atoms with van der Waals surface area (Å²) in [7, 11) is 3.29. The number of furan rings is 1. The molecule has 6 nitrogen and oxygen atoms in total. The summed E-state index contributed by atoms with van der Waals surface area (Å²) >= 11 is 0. The molecule has 28 heavy (non-hydrogen) atoms. The lowest BCUT2D eigenvalue weighted by atomic mass is 10.1. The SMILES string of the molecule is COc1ccc(N2CCN(C(=O)c3oc4ccc(OC)cc4c3C)CC2)cc1. The van der Waals surface area contributed by atoms with E-state index in [1.807, 2.05) is 54.3 Å². The molecule has 0 aliphatic carbocycles. The quantitative estimate of drug-likeness (QED) is 0.690. The molecule has 1 saturated heterocycles. The molecule has 1 fully saturated rings. The third kappa shape index (κ3) is 3.26. The summed E-state index contributed by atoms with van der Waals surface area (Å²) in [5.74, 6) is 1.96. The molecule has 0 radical (unpaired) electrons. The summed E-state index contributed by atoms with van der Waals surface area (Å²) in [6.07, 6.45) is 0. The van der Waals surface area contributed by atoms with Crippen LogP contribution in [0.4, 0.5) is 5.69 Å². The van der Waals surface area contributed by atoms with Crippen LogP contribution >= 0.6 is 0 Å². The molecule has 4 rings (SSSR count). The monoisotopic (exact) mass is 380 g/mol. The van der Waals surface area contributed by atoms with Crippen LogP contribution in [-0.2, 0) is 0 Å². The first kappa shape index (κ1) is 18.2. The van der Waals surface area contributed by atoms with Gasteiger partial charge < -0.3 is 23.7 Å². The van der Waals surface area contributed by atoms with Crippen molar-refractivity contribution in [3.8, 4) is 11.5 Å². The Kier molecular flexibility index (Phi) is 4.86. The summed E-state index contributed by atoms with van der Waals surface area (Å²) in [6, 6.07) is 13.6. The fourth-order valence-electron chi connectivity index (χ4n) is 3.64. The third-order valence-corrected chi connectivity index (χ3v) is 5.34. The number of carbonyl (C=O) groups is 1. The first-order chi connectivity index (χ1) is 13.6. The van der Waals surface area contributed by atoms with E-state index in [1.165, 1.54) is 0 Å². The summed E-state index contributed by atoms with van der Waals surface area (Å²) in [6.45, 7) is 4.80. The molecule has 0 bridgehead atoms. The number of carbonyl (C=O) groups excluding carboxylic acids is 1. The molecule has 1 aromatic heterocycles. The number of hydrogen-bond donors (Lipinski definition) is 0. The van der Waals surface area contributed by atoms with E-state index >= 15 is 0 Å². The van der Waals surface area contributed by atoms with Crippen molar-refractivity contribution in [2.45, 2.75) is 6.92 Å². The highest BCUT2D eigenvalue weighted by atomic mass is 16.5. The van der Waals surface area contributed by atoms with Gasteiger partial charge in [-0.2, -0.15) is 0 Å². The number of fused-ring (bicyclic) bond motifs is 1. The minimum absolute atomic E-state index is 0.0537. The van der Waals surface area contributed by atoms with Crippen LogP contribution in [0.1, 0.15) is 16.1 Å². The topological polar surface area (TPSA) is 55.2 Å². The zero-order chi connectivity index (χ0) is 19.7. The van der Waals surface area contributed by atoms with E-state index in [9.17, 15) is 4.79 Å². The summed E-state index contributed by atoms with van der Waals surface area (Å²) in [5.41, 5.74) is 2.70. The molecule has 1 aliphatic heterocycles. The van der Waals surface area contributed by atoms with E-state index in [0.717, 1.165) is 41.2 Å². The Morgan fingerprint density at radius 3 is 2.21 bits per heavy atom. The van der Waals surface area contributed by atoms with Gasteiger partial charge in [-0.1, -0.05) is 0 Å². The van der Waals surface area contributed by atoms with Gasteiger partial charge in [0.15, 0.2) is 5.76 Å². The Morgan fingerprint density at radius 1 is 0.929 bits per heavy atom. The Hall–Kier alpha value is -3.15. The second-order valence-corrected chi connectivity index (χ2v) is 6.90. The molecular weight excluding hydrogens is 356 g/mol. The second-order valence-electron chi connectivity index (χ2n) is 6.90.